The van der Waals surface area contributed by atoms with Gasteiger partial charge in [-0.3, -0.25) is 14.4 Å². The molecule has 3 rings (SSSR count). The summed E-state index contributed by atoms with van der Waals surface area (Å²) < 4.78 is 6.15. The van der Waals surface area contributed by atoms with E-state index in [1.807, 2.05) is 43.6 Å². The summed E-state index contributed by atoms with van der Waals surface area (Å²) in [6, 6.07) is 9.26. The Hall–Kier alpha value is -3.81. The number of hydrogen-bond donors (Lipinski definition) is 4. The van der Waals surface area contributed by atoms with Crippen molar-refractivity contribution in [2.75, 3.05) is 11.9 Å². The zero-order valence-electron chi connectivity index (χ0n) is 17.8. The van der Waals surface area contributed by atoms with Gasteiger partial charge in [0.25, 0.3) is 0 Å². The van der Waals surface area contributed by atoms with Crippen molar-refractivity contribution in [2.24, 2.45) is 0 Å². The molecule has 0 aliphatic rings. The molecule has 31 heavy (non-hydrogen) atoms. The Balaban J connectivity index is 1.78. The van der Waals surface area contributed by atoms with Gasteiger partial charge in [0.1, 0.15) is 18.0 Å². The number of rotatable bonds is 6. The van der Waals surface area contributed by atoms with Crippen molar-refractivity contribution in [3.05, 3.63) is 53.2 Å². The minimum Gasteiger partial charge on any atom is -0.480 e. The van der Waals surface area contributed by atoms with Crippen LogP contribution in [0.4, 0.5) is 5.69 Å². The van der Waals surface area contributed by atoms with Gasteiger partial charge < -0.3 is 25.5 Å². The fraction of sp³-hybridized carbons (Fsp3) is 0.261. The number of hydrogen-bond acceptors (Lipinski definition) is 4. The van der Waals surface area contributed by atoms with Gasteiger partial charge in [-0.25, -0.2) is 0 Å². The van der Waals surface area contributed by atoms with E-state index in [1.54, 1.807) is 12.1 Å². The highest BCUT2D eigenvalue weighted by atomic mass is 16.5. The number of aromatic nitrogens is 1. The van der Waals surface area contributed by atoms with Crippen molar-refractivity contribution >= 4 is 34.4 Å². The zero-order valence-corrected chi connectivity index (χ0v) is 17.8. The number of anilines is 1. The van der Waals surface area contributed by atoms with Crippen molar-refractivity contribution in [1.82, 2.24) is 10.3 Å². The van der Waals surface area contributed by atoms with Crippen LogP contribution >= 0.6 is 0 Å². The summed E-state index contributed by atoms with van der Waals surface area (Å²) in [7, 11) is 0. The summed E-state index contributed by atoms with van der Waals surface area (Å²) in [5.41, 5.74) is 4.23. The van der Waals surface area contributed by atoms with Crippen LogP contribution in [0.2, 0.25) is 0 Å². The quantitative estimate of drug-likeness (QED) is 0.449. The van der Waals surface area contributed by atoms with Crippen LogP contribution in [0, 0.1) is 13.8 Å². The molecule has 0 fully saturated rings. The summed E-state index contributed by atoms with van der Waals surface area (Å²) >= 11 is 0. The van der Waals surface area contributed by atoms with Crippen LogP contribution in [-0.4, -0.2) is 34.4 Å². The highest BCUT2D eigenvalue weighted by molar-refractivity contribution is 6.39. The molecule has 0 bridgehead atoms. The number of carbonyl (C=O) groups excluding carboxylic acids is 2. The second-order valence-electron chi connectivity index (χ2n) is 7.68. The topological polar surface area (TPSA) is 121 Å². The van der Waals surface area contributed by atoms with Crippen LogP contribution < -0.4 is 15.4 Å². The molecule has 2 amide bonds. The molecule has 0 aliphatic heterocycles. The summed E-state index contributed by atoms with van der Waals surface area (Å²) in [6.45, 7) is 7.34. The van der Waals surface area contributed by atoms with Crippen LogP contribution in [0.5, 0.6) is 11.5 Å². The molecule has 0 spiro atoms. The van der Waals surface area contributed by atoms with Crippen molar-refractivity contribution in [1.29, 1.82) is 0 Å². The average molecular weight is 423 g/mol. The van der Waals surface area contributed by atoms with Crippen LogP contribution in [0.1, 0.15) is 36.5 Å². The third kappa shape index (κ3) is 5.03. The number of H-pyrrole nitrogens is 1. The minimum absolute atomic E-state index is 0.378. The maximum atomic E-state index is 12.0. The van der Waals surface area contributed by atoms with Gasteiger partial charge in [-0.1, -0.05) is 13.8 Å². The largest absolute Gasteiger partial charge is 0.480 e. The Morgan fingerprint density at radius 2 is 1.74 bits per heavy atom. The molecule has 0 aliphatic carbocycles. The van der Waals surface area contributed by atoms with Crippen molar-refractivity contribution < 1.29 is 24.2 Å². The number of aliphatic carboxylic acids is 1. The lowest BCUT2D eigenvalue weighted by atomic mass is 10.0. The lowest BCUT2D eigenvalue weighted by molar-refractivity contribution is -0.140. The first-order valence-corrected chi connectivity index (χ1v) is 9.86. The van der Waals surface area contributed by atoms with Crippen LogP contribution in [0.15, 0.2) is 36.5 Å². The minimum atomic E-state index is -1.23. The smallest absolute Gasteiger partial charge is 0.322 e. The number of carbonyl (C=O) groups is 3. The van der Waals surface area contributed by atoms with Crippen LogP contribution in [-0.2, 0) is 14.4 Å². The van der Waals surface area contributed by atoms with E-state index in [9.17, 15) is 14.4 Å². The zero-order chi connectivity index (χ0) is 22.7. The standard InChI is InChI=1S/C23H25N3O5/c1-12(2)18-10-24-19-6-5-16(9-17(18)19)31-21-13(3)7-15(8-14(21)4)26-23(30)22(29)25-11-20(27)28/h5-10,12,24H,11H2,1-4H3,(H,25,29)(H,26,30)(H,27,28). The lowest BCUT2D eigenvalue weighted by Crippen LogP contribution is -2.38. The van der Waals surface area contributed by atoms with E-state index in [1.165, 1.54) is 5.56 Å². The first kappa shape index (κ1) is 21.9. The second kappa shape index (κ2) is 8.91. The first-order valence-electron chi connectivity index (χ1n) is 9.86. The van der Waals surface area contributed by atoms with Gasteiger partial charge in [0.2, 0.25) is 0 Å². The molecule has 0 saturated heterocycles. The number of nitrogens with one attached hydrogen (secondary N) is 3. The molecule has 0 unspecified atom stereocenters. The molecule has 0 saturated carbocycles. The number of amides is 2. The van der Waals surface area contributed by atoms with Gasteiger partial charge in [-0.2, -0.15) is 0 Å². The number of aryl methyl sites for hydroxylation is 2. The van der Waals surface area contributed by atoms with Gasteiger partial charge in [-0.05, 0) is 66.8 Å². The summed E-state index contributed by atoms with van der Waals surface area (Å²) in [6.07, 6.45) is 2.01. The first-order chi connectivity index (χ1) is 14.7. The lowest BCUT2D eigenvalue weighted by Gasteiger charge is -2.15. The van der Waals surface area contributed by atoms with Crippen LogP contribution in [0.3, 0.4) is 0 Å². The summed E-state index contributed by atoms with van der Waals surface area (Å²) in [5, 5.41) is 14.2. The molecule has 1 aromatic heterocycles. The number of benzene rings is 2. The average Bonchev–Trinajstić information content (AvgIpc) is 3.12. The monoisotopic (exact) mass is 423 g/mol. The molecule has 8 nitrogen and oxygen atoms in total. The number of ether oxygens (including phenoxy) is 1. The Bertz CT molecular complexity index is 1140. The van der Waals surface area contributed by atoms with Crippen molar-refractivity contribution in [3.63, 3.8) is 0 Å². The fourth-order valence-electron chi connectivity index (χ4n) is 3.39. The molecule has 0 radical (unpaired) electrons. The van der Waals surface area contributed by atoms with Crippen LogP contribution in [0.25, 0.3) is 10.9 Å². The van der Waals surface area contributed by atoms with Gasteiger partial charge in [0.15, 0.2) is 0 Å². The number of carboxylic acid groups (broad SMARTS) is 1. The SMILES string of the molecule is Cc1cc(NC(=O)C(=O)NCC(=O)O)cc(C)c1Oc1ccc2[nH]cc(C(C)C)c2c1. The van der Waals surface area contributed by atoms with Gasteiger partial charge >= 0.3 is 17.8 Å². The second-order valence-corrected chi connectivity index (χ2v) is 7.68. The highest BCUT2D eigenvalue weighted by Gasteiger charge is 2.16. The Morgan fingerprint density at radius 3 is 2.35 bits per heavy atom. The van der Waals surface area contributed by atoms with E-state index >= 15 is 0 Å². The van der Waals surface area contributed by atoms with Gasteiger partial charge in [0, 0.05) is 22.8 Å². The van der Waals surface area contributed by atoms with E-state index in [0.29, 0.717) is 23.1 Å². The maximum absolute atomic E-state index is 12.0. The molecule has 4 N–H and O–H groups in total. The molecule has 0 atom stereocenters. The molecule has 3 aromatic rings. The number of fused-ring (bicyclic) bond motifs is 1. The van der Waals surface area contributed by atoms with Gasteiger partial charge in [0.05, 0.1) is 0 Å². The molecule has 162 valence electrons. The third-order valence-electron chi connectivity index (χ3n) is 4.85. The third-order valence-corrected chi connectivity index (χ3v) is 4.85. The number of aromatic amines is 1. The fourth-order valence-corrected chi connectivity index (χ4v) is 3.39. The van der Waals surface area contributed by atoms with Crippen molar-refractivity contribution in [2.45, 2.75) is 33.6 Å². The Kier molecular flexibility index (Phi) is 6.29. The molecule has 2 aromatic carbocycles. The molecule has 1 heterocycles. The predicted molar refractivity (Wildman–Crippen MR) is 118 cm³/mol. The number of carboxylic acids is 1. The Labute approximate surface area is 179 Å². The summed E-state index contributed by atoms with van der Waals surface area (Å²) in [5.74, 6) is -1.44. The highest BCUT2D eigenvalue weighted by Crippen LogP contribution is 2.34. The molecule has 8 heteroatoms. The van der Waals surface area contributed by atoms with E-state index in [2.05, 4.69) is 24.1 Å². The van der Waals surface area contributed by atoms with E-state index in [-0.39, 0.29) is 0 Å². The maximum Gasteiger partial charge on any atom is 0.322 e. The molecular formula is C23H25N3O5. The van der Waals surface area contributed by atoms with E-state index in [4.69, 9.17) is 9.84 Å². The van der Waals surface area contributed by atoms with E-state index in [0.717, 1.165) is 22.0 Å². The molecular weight excluding hydrogens is 398 g/mol. The van der Waals surface area contributed by atoms with Crippen molar-refractivity contribution in [3.8, 4) is 11.5 Å². The normalized spacial score (nSPS) is 10.9. The van der Waals surface area contributed by atoms with Gasteiger partial charge in [-0.15, -0.1) is 0 Å². The Morgan fingerprint density at radius 1 is 1.06 bits per heavy atom. The summed E-state index contributed by atoms with van der Waals surface area (Å²) in [4.78, 5) is 37.4. The predicted octanol–water partition coefficient (Wildman–Crippen LogP) is 3.84. The van der Waals surface area contributed by atoms with E-state index < -0.39 is 24.3 Å².